The highest BCUT2D eigenvalue weighted by atomic mass is 79.9. The summed E-state index contributed by atoms with van der Waals surface area (Å²) in [6, 6.07) is 12.4. The molecule has 0 bridgehead atoms. The number of aliphatic imine (C=N–C) groups is 1. The lowest BCUT2D eigenvalue weighted by atomic mass is 9.87. The summed E-state index contributed by atoms with van der Waals surface area (Å²) in [5.41, 5.74) is 5.33. The number of halogens is 1. The maximum Gasteiger partial charge on any atom is 0.206 e. The molecule has 1 aromatic heterocycles. The average Bonchev–Trinajstić information content (AvgIpc) is 2.76. The third-order valence-corrected chi connectivity index (χ3v) is 6.17. The molecule has 0 radical (unpaired) electrons. The predicted molar refractivity (Wildman–Crippen MR) is 124 cm³/mol. The second-order valence-electron chi connectivity index (χ2n) is 7.54. The Labute approximate surface area is 181 Å². The zero-order valence-electron chi connectivity index (χ0n) is 16.7. The van der Waals surface area contributed by atoms with Gasteiger partial charge in [-0.05, 0) is 54.3 Å². The molecule has 4 rings (SSSR count). The molecule has 0 amide bonds. The average molecular weight is 449 g/mol. The molecule has 0 aliphatic carbocycles. The molecule has 1 atom stereocenters. The number of likely N-dealkylation sites (N-methyl/N-ethyl adjacent to an activating group) is 1. The summed E-state index contributed by atoms with van der Waals surface area (Å²) in [6.07, 6.45) is 7.89. The Balaban J connectivity index is 1.57. The third kappa shape index (κ3) is 4.20. The highest BCUT2D eigenvalue weighted by Gasteiger charge is 2.28. The van der Waals surface area contributed by atoms with Gasteiger partial charge in [-0.1, -0.05) is 41.2 Å². The molecule has 1 unspecified atom stereocenters. The molecule has 1 fully saturated rings. The lowest BCUT2D eigenvalue weighted by Crippen LogP contribution is -2.47. The van der Waals surface area contributed by atoms with E-state index in [2.05, 4.69) is 68.1 Å². The molecule has 0 N–H and O–H groups in total. The summed E-state index contributed by atoms with van der Waals surface area (Å²) >= 11 is 3.51. The van der Waals surface area contributed by atoms with Gasteiger partial charge in [0.15, 0.2) is 0 Å². The van der Waals surface area contributed by atoms with Crippen molar-refractivity contribution >= 4 is 33.2 Å². The van der Waals surface area contributed by atoms with Crippen LogP contribution in [-0.4, -0.2) is 40.9 Å². The van der Waals surface area contributed by atoms with Crippen LogP contribution >= 0.6 is 15.9 Å². The topological polar surface area (TPSA) is 31.7 Å². The number of pyridine rings is 1. The van der Waals surface area contributed by atoms with Gasteiger partial charge in [-0.25, -0.2) is 4.99 Å². The number of guanidine groups is 1. The molecule has 2 aliphatic heterocycles. The van der Waals surface area contributed by atoms with E-state index in [4.69, 9.17) is 4.99 Å². The van der Waals surface area contributed by atoms with Crippen molar-refractivity contribution in [2.75, 3.05) is 20.1 Å². The van der Waals surface area contributed by atoms with E-state index in [1.54, 1.807) is 12.4 Å². The highest BCUT2D eigenvalue weighted by molar-refractivity contribution is 9.10. The maximum atomic E-state index is 4.99. The van der Waals surface area contributed by atoms with Gasteiger partial charge in [-0.15, -0.1) is 0 Å². The van der Waals surface area contributed by atoms with Gasteiger partial charge in [0, 0.05) is 54.2 Å². The zero-order chi connectivity index (χ0) is 20.4. The minimum Gasteiger partial charge on any atom is -0.342 e. The normalized spacial score (nSPS) is 19.7. The van der Waals surface area contributed by atoms with Gasteiger partial charge in [0.2, 0.25) is 5.96 Å². The van der Waals surface area contributed by atoms with E-state index >= 15 is 0 Å². The first-order valence-corrected chi connectivity index (χ1v) is 10.7. The van der Waals surface area contributed by atoms with Crippen LogP contribution in [0.25, 0.3) is 11.3 Å². The molecular weight excluding hydrogens is 424 g/mol. The Hall–Kier alpha value is -2.66. The second-order valence-corrected chi connectivity index (χ2v) is 8.46. The number of aromatic nitrogens is 1. The molecule has 0 spiro atoms. The van der Waals surface area contributed by atoms with Crippen LogP contribution < -0.4 is 0 Å². The van der Waals surface area contributed by atoms with Gasteiger partial charge in [0.1, 0.15) is 0 Å². The molecule has 148 valence electrons. The van der Waals surface area contributed by atoms with Crippen LogP contribution in [0.5, 0.6) is 0 Å². The van der Waals surface area contributed by atoms with Crippen LogP contribution in [-0.2, 0) is 0 Å². The van der Waals surface area contributed by atoms with Crippen LogP contribution in [0, 0.1) is 5.92 Å². The van der Waals surface area contributed by atoms with E-state index < -0.39 is 0 Å². The number of allylic oxidation sites excluding steroid dienone is 1. The van der Waals surface area contributed by atoms with E-state index in [9.17, 15) is 0 Å². The van der Waals surface area contributed by atoms with Crippen LogP contribution in [0.3, 0.4) is 0 Å². The van der Waals surface area contributed by atoms with E-state index in [0.717, 1.165) is 53.3 Å². The zero-order valence-corrected chi connectivity index (χ0v) is 18.3. The van der Waals surface area contributed by atoms with Crippen LogP contribution in [0.4, 0.5) is 0 Å². The van der Waals surface area contributed by atoms with Gasteiger partial charge in [-0.2, -0.15) is 0 Å². The Morgan fingerprint density at radius 3 is 2.59 bits per heavy atom. The molecule has 4 nitrogen and oxygen atoms in total. The maximum absolute atomic E-state index is 4.99. The molecule has 2 aliphatic rings. The van der Waals surface area contributed by atoms with Gasteiger partial charge >= 0.3 is 0 Å². The first-order chi connectivity index (χ1) is 14.0. The monoisotopic (exact) mass is 448 g/mol. The highest BCUT2D eigenvalue weighted by Crippen LogP contribution is 2.32. The number of piperidine rings is 1. The van der Waals surface area contributed by atoms with Crippen molar-refractivity contribution in [3.63, 3.8) is 0 Å². The van der Waals surface area contributed by atoms with Crippen molar-refractivity contribution in [3.05, 3.63) is 89.3 Å². The summed E-state index contributed by atoms with van der Waals surface area (Å²) in [7, 11) is 2.04. The Morgan fingerprint density at radius 1 is 1.14 bits per heavy atom. The molecule has 1 aromatic carbocycles. The van der Waals surface area contributed by atoms with Crippen LogP contribution in [0.15, 0.2) is 83.2 Å². The fourth-order valence-corrected chi connectivity index (χ4v) is 4.16. The quantitative estimate of drug-likeness (QED) is 0.627. The second kappa shape index (κ2) is 8.37. The van der Waals surface area contributed by atoms with Crippen molar-refractivity contribution in [1.29, 1.82) is 0 Å². The van der Waals surface area contributed by atoms with E-state index in [1.807, 2.05) is 25.3 Å². The predicted octanol–water partition coefficient (Wildman–Crippen LogP) is 5.43. The Bertz CT molecular complexity index is 976. The van der Waals surface area contributed by atoms with Gasteiger partial charge in [0.05, 0.1) is 5.70 Å². The lowest BCUT2D eigenvalue weighted by Gasteiger charge is -2.40. The molecule has 2 aromatic rings. The summed E-state index contributed by atoms with van der Waals surface area (Å²) in [6.45, 7) is 10.6. The molecule has 29 heavy (non-hydrogen) atoms. The number of hydrogen-bond donors (Lipinski definition) is 0. The molecule has 0 saturated carbocycles. The number of nitrogens with zero attached hydrogens (tertiary/aromatic N) is 4. The standard InChI is InChI=1S/C24H25BrN4/c1-17-15-23(20-10-12-26-13-11-20)27-24(28(17)3)29-14-4-5-21(16-29)18(2)19-6-8-22(25)9-7-19/h6-13,15,21H,1-2,4-5,14,16H2,3H3. The van der Waals surface area contributed by atoms with E-state index in [1.165, 1.54) is 11.1 Å². The van der Waals surface area contributed by atoms with Crippen molar-refractivity contribution in [2.45, 2.75) is 12.8 Å². The third-order valence-electron chi connectivity index (χ3n) is 5.64. The fraction of sp³-hybridized carbons (Fsp3) is 0.250. The summed E-state index contributed by atoms with van der Waals surface area (Å²) < 4.78 is 1.09. The van der Waals surface area contributed by atoms with Crippen LogP contribution in [0.2, 0.25) is 0 Å². The smallest absolute Gasteiger partial charge is 0.206 e. The van der Waals surface area contributed by atoms with Crippen molar-refractivity contribution in [3.8, 4) is 0 Å². The largest absolute Gasteiger partial charge is 0.342 e. The first kappa shape index (κ1) is 19.6. The van der Waals surface area contributed by atoms with Gasteiger partial charge in [-0.3, -0.25) is 4.98 Å². The molecule has 5 heteroatoms. The number of rotatable bonds is 3. The fourth-order valence-electron chi connectivity index (χ4n) is 3.89. The van der Waals surface area contributed by atoms with E-state index in [0.29, 0.717) is 5.92 Å². The first-order valence-electron chi connectivity index (χ1n) is 9.86. The minimum absolute atomic E-state index is 0.407. The molecular formula is C24H25BrN4. The molecule has 3 heterocycles. The van der Waals surface area contributed by atoms with Crippen molar-refractivity contribution in [2.24, 2.45) is 10.9 Å². The van der Waals surface area contributed by atoms with Crippen LogP contribution in [0.1, 0.15) is 24.0 Å². The van der Waals surface area contributed by atoms with Gasteiger partial charge in [0.25, 0.3) is 0 Å². The van der Waals surface area contributed by atoms with E-state index in [-0.39, 0.29) is 0 Å². The SMILES string of the molecule is C=C(c1ccc(Br)cc1)C1CCCN(C2=NC(c3ccncc3)=CC(=C)N2C)C1. The van der Waals surface area contributed by atoms with Crippen molar-refractivity contribution in [1.82, 2.24) is 14.8 Å². The lowest BCUT2D eigenvalue weighted by molar-refractivity contribution is 0.275. The summed E-state index contributed by atoms with van der Waals surface area (Å²) in [5.74, 6) is 1.36. The Kier molecular flexibility index (Phi) is 5.67. The summed E-state index contributed by atoms with van der Waals surface area (Å²) in [5, 5.41) is 0. The minimum atomic E-state index is 0.407. The summed E-state index contributed by atoms with van der Waals surface area (Å²) in [4.78, 5) is 13.6. The molecule has 1 saturated heterocycles. The Morgan fingerprint density at radius 2 is 1.86 bits per heavy atom. The number of benzene rings is 1. The van der Waals surface area contributed by atoms with Gasteiger partial charge < -0.3 is 9.80 Å². The van der Waals surface area contributed by atoms with Crippen molar-refractivity contribution < 1.29 is 0 Å². The number of likely N-dealkylation sites (tertiary alicyclic amines) is 1. The number of hydrogen-bond acceptors (Lipinski definition) is 4.